The van der Waals surface area contributed by atoms with E-state index in [0.717, 1.165) is 10.5 Å². The molecule has 0 spiro atoms. The summed E-state index contributed by atoms with van der Waals surface area (Å²) in [7, 11) is -0.889. The van der Waals surface area contributed by atoms with Gasteiger partial charge in [0, 0.05) is 22.0 Å². The summed E-state index contributed by atoms with van der Waals surface area (Å²) >= 11 is 0. The molecule has 58 valence electrons. The first kappa shape index (κ1) is 8.21. The summed E-state index contributed by atoms with van der Waals surface area (Å²) in [5, 5.41) is 0. The minimum atomic E-state index is -0.889. The maximum atomic E-state index is 11.0. The lowest BCUT2D eigenvalue weighted by Crippen LogP contribution is -1.86. The summed E-state index contributed by atoms with van der Waals surface area (Å²) < 4.78 is 11.0. The van der Waals surface area contributed by atoms with Crippen LogP contribution in [0.15, 0.2) is 35.7 Å². The second kappa shape index (κ2) is 3.49. The summed E-state index contributed by atoms with van der Waals surface area (Å²) in [5.41, 5.74) is 1.01. The predicted octanol–water partition coefficient (Wildman–Crippen LogP) is 2.07. The highest BCUT2D eigenvalue weighted by Crippen LogP contribution is 2.08. The highest BCUT2D eigenvalue weighted by molar-refractivity contribution is 7.84. The lowest BCUT2D eigenvalue weighted by Gasteiger charge is -1.96. The van der Waals surface area contributed by atoms with Crippen LogP contribution in [0, 0.1) is 0 Å². The Labute approximate surface area is 69.2 Å². The van der Waals surface area contributed by atoms with E-state index in [-0.39, 0.29) is 0 Å². The van der Waals surface area contributed by atoms with Crippen molar-refractivity contribution in [3.8, 4) is 0 Å². The van der Waals surface area contributed by atoms with Gasteiger partial charge >= 0.3 is 0 Å². The molecule has 0 saturated carbocycles. The summed E-state index contributed by atoms with van der Waals surface area (Å²) in [6.45, 7) is 3.63. The van der Waals surface area contributed by atoms with Crippen molar-refractivity contribution in [2.24, 2.45) is 0 Å². The largest absolute Gasteiger partial charge is 0.255 e. The number of benzene rings is 1. The molecule has 0 aliphatic heterocycles. The number of hydrogen-bond acceptors (Lipinski definition) is 1. The van der Waals surface area contributed by atoms with Crippen LogP contribution in [0.3, 0.4) is 0 Å². The van der Waals surface area contributed by atoms with Gasteiger partial charge in [-0.25, -0.2) is 0 Å². The normalized spacial score (nSPS) is 12.5. The fraction of sp³-hybridized carbons (Fsp3) is 0.111. The van der Waals surface area contributed by atoms with Crippen molar-refractivity contribution in [1.29, 1.82) is 0 Å². The van der Waals surface area contributed by atoms with Crippen LogP contribution in [-0.2, 0) is 10.8 Å². The molecule has 0 amide bonds. The van der Waals surface area contributed by atoms with Crippen LogP contribution in [-0.4, -0.2) is 10.5 Å². The van der Waals surface area contributed by atoms with Crippen molar-refractivity contribution in [3.05, 3.63) is 36.4 Å². The van der Waals surface area contributed by atoms with Crippen molar-refractivity contribution < 1.29 is 4.21 Å². The maximum absolute atomic E-state index is 11.0. The molecule has 1 unspecified atom stereocenters. The molecule has 0 saturated heterocycles. The smallest absolute Gasteiger partial charge is 0.0498 e. The van der Waals surface area contributed by atoms with Gasteiger partial charge in [-0.1, -0.05) is 24.8 Å². The molecule has 0 fully saturated rings. The molecule has 0 aliphatic rings. The van der Waals surface area contributed by atoms with E-state index in [1.165, 1.54) is 0 Å². The monoisotopic (exact) mass is 166 g/mol. The molecule has 1 nitrogen and oxygen atoms in total. The minimum absolute atomic E-state index is 0.849. The van der Waals surface area contributed by atoms with Crippen LogP contribution in [0.4, 0.5) is 0 Å². The van der Waals surface area contributed by atoms with Crippen molar-refractivity contribution >= 4 is 16.9 Å². The van der Waals surface area contributed by atoms with Gasteiger partial charge in [-0.2, -0.15) is 0 Å². The van der Waals surface area contributed by atoms with Gasteiger partial charge in [0.15, 0.2) is 0 Å². The Morgan fingerprint density at radius 1 is 1.55 bits per heavy atom. The van der Waals surface area contributed by atoms with E-state index in [2.05, 4.69) is 6.58 Å². The third kappa shape index (κ3) is 2.02. The lowest BCUT2D eigenvalue weighted by atomic mass is 10.2. The molecule has 1 aromatic carbocycles. The van der Waals surface area contributed by atoms with E-state index in [9.17, 15) is 4.21 Å². The summed E-state index contributed by atoms with van der Waals surface area (Å²) in [6, 6.07) is 7.54. The zero-order chi connectivity index (χ0) is 8.27. The fourth-order valence-corrected chi connectivity index (χ4v) is 1.39. The van der Waals surface area contributed by atoms with Crippen molar-refractivity contribution in [2.45, 2.75) is 4.90 Å². The number of hydrogen-bond donors (Lipinski definition) is 0. The first-order valence-electron chi connectivity index (χ1n) is 3.30. The second-order valence-electron chi connectivity index (χ2n) is 2.23. The standard InChI is InChI=1S/C9H10OS/c1-3-8-5-4-6-9(7-8)11(2)10/h3-7H,1H2,2H3. The highest BCUT2D eigenvalue weighted by atomic mass is 32.2. The van der Waals surface area contributed by atoms with Crippen LogP contribution in [0.25, 0.3) is 6.08 Å². The molecular formula is C9H10OS. The van der Waals surface area contributed by atoms with Crippen molar-refractivity contribution in [1.82, 2.24) is 0 Å². The van der Waals surface area contributed by atoms with Crippen LogP contribution in [0.2, 0.25) is 0 Å². The highest BCUT2D eigenvalue weighted by Gasteiger charge is 1.95. The number of rotatable bonds is 2. The molecular weight excluding hydrogens is 156 g/mol. The molecule has 0 radical (unpaired) electrons. The second-order valence-corrected chi connectivity index (χ2v) is 3.61. The molecule has 0 aliphatic carbocycles. The first-order valence-corrected chi connectivity index (χ1v) is 4.86. The van der Waals surface area contributed by atoms with E-state index in [1.54, 1.807) is 12.3 Å². The molecule has 0 bridgehead atoms. The van der Waals surface area contributed by atoms with Crippen molar-refractivity contribution in [3.63, 3.8) is 0 Å². The van der Waals surface area contributed by atoms with Gasteiger partial charge in [-0.15, -0.1) is 0 Å². The topological polar surface area (TPSA) is 17.1 Å². The third-order valence-electron chi connectivity index (χ3n) is 1.43. The Bertz CT molecular complexity index is 291. The Hall–Kier alpha value is -0.890. The zero-order valence-corrected chi connectivity index (χ0v) is 7.23. The van der Waals surface area contributed by atoms with E-state index < -0.39 is 10.8 Å². The molecule has 1 aromatic rings. The third-order valence-corrected chi connectivity index (χ3v) is 2.34. The van der Waals surface area contributed by atoms with Crippen molar-refractivity contribution in [2.75, 3.05) is 6.26 Å². The van der Waals surface area contributed by atoms with E-state index >= 15 is 0 Å². The van der Waals surface area contributed by atoms with Crippen LogP contribution < -0.4 is 0 Å². The van der Waals surface area contributed by atoms with Crippen LogP contribution >= 0.6 is 0 Å². The molecule has 0 N–H and O–H groups in total. The zero-order valence-electron chi connectivity index (χ0n) is 6.41. The molecule has 1 atom stereocenters. The van der Waals surface area contributed by atoms with E-state index in [0.29, 0.717) is 0 Å². The average molecular weight is 166 g/mol. The molecule has 1 rings (SSSR count). The summed E-state index contributed by atoms with van der Waals surface area (Å²) in [6.07, 6.45) is 3.42. The van der Waals surface area contributed by atoms with Gasteiger partial charge in [-0.05, 0) is 17.7 Å². The molecule has 0 heterocycles. The van der Waals surface area contributed by atoms with Gasteiger partial charge in [-0.3, -0.25) is 4.21 Å². The van der Waals surface area contributed by atoms with Crippen LogP contribution in [0.5, 0.6) is 0 Å². The molecule has 11 heavy (non-hydrogen) atoms. The molecule has 2 heteroatoms. The molecule has 0 aromatic heterocycles. The Morgan fingerprint density at radius 3 is 2.82 bits per heavy atom. The van der Waals surface area contributed by atoms with Crippen LogP contribution in [0.1, 0.15) is 5.56 Å². The minimum Gasteiger partial charge on any atom is -0.255 e. The van der Waals surface area contributed by atoms with Gasteiger partial charge in [0.2, 0.25) is 0 Å². The first-order chi connectivity index (χ1) is 5.24. The summed E-state index contributed by atoms with van der Waals surface area (Å²) in [5.74, 6) is 0. The van der Waals surface area contributed by atoms with Gasteiger partial charge in [0.25, 0.3) is 0 Å². The SMILES string of the molecule is C=Cc1cccc(S(C)=O)c1. The quantitative estimate of drug-likeness (QED) is 0.657. The van der Waals surface area contributed by atoms with Gasteiger partial charge < -0.3 is 0 Å². The van der Waals surface area contributed by atoms with E-state index in [1.807, 2.05) is 24.3 Å². The Kier molecular flexibility index (Phi) is 2.60. The predicted molar refractivity (Wildman–Crippen MR) is 48.9 cm³/mol. The van der Waals surface area contributed by atoms with Gasteiger partial charge in [0.1, 0.15) is 0 Å². The lowest BCUT2D eigenvalue weighted by molar-refractivity contribution is 0.687. The Morgan fingerprint density at radius 2 is 2.27 bits per heavy atom. The summed E-state index contributed by atoms with van der Waals surface area (Å²) in [4.78, 5) is 0.849. The van der Waals surface area contributed by atoms with Gasteiger partial charge in [0.05, 0.1) is 0 Å². The van der Waals surface area contributed by atoms with E-state index in [4.69, 9.17) is 0 Å². The Balaban J connectivity index is 3.10. The fourth-order valence-electron chi connectivity index (χ4n) is 0.820. The average Bonchev–Trinajstić information content (AvgIpc) is 2.05. The maximum Gasteiger partial charge on any atom is 0.0498 e.